The molecule has 1 amide bonds. The highest BCUT2D eigenvalue weighted by Gasteiger charge is 2.51. The summed E-state index contributed by atoms with van der Waals surface area (Å²) in [6, 6.07) is 0.278. The molecule has 2 unspecified atom stereocenters. The summed E-state index contributed by atoms with van der Waals surface area (Å²) in [7, 11) is 4.11. The Bertz CT molecular complexity index is 297. The third-order valence-electron chi connectivity index (χ3n) is 4.11. The second-order valence-corrected chi connectivity index (χ2v) is 5.93. The molecule has 2 atom stereocenters. The number of carbonyl (C=O) groups is 1. The van der Waals surface area contributed by atoms with Crippen molar-refractivity contribution in [2.45, 2.75) is 57.3 Å². The molecule has 2 rings (SSSR count). The molecule has 1 saturated heterocycles. The lowest BCUT2D eigenvalue weighted by Crippen LogP contribution is -2.47. The van der Waals surface area contributed by atoms with Gasteiger partial charge in [-0.25, -0.2) is 0 Å². The van der Waals surface area contributed by atoms with E-state index in [0.717, 1.165) is 19.4 Å². The molecular weight excluding hydrogens is 214 g/mol. The van der Waals surface area contributed by atoms with Crippen LogP contribution in [0.2, 0.25) is 0 Å². The smallest absolute Gasteiger partial charge is 0.244 e. The van der Waals surface area contributed by atoms with E-state index >= 15 is 0 Å². The molecule has 1 N–H and O–H groups in total. The first kappa shape index (κ1) is 12.8. The fourth-order valence-electron chi connectivity index (χ4n) is 3.49. The van der Waals surface area contributed by atoms with Gasteiger partial charge in [-0.15, -0.1) is 0 Å². The second kappa shape index (κ2) is 4.58. The number of rotatable bonds is 3. The molecule has 2 fully saturated rings. The van der Waals surface area contributed by atoms with Crippen molar-refractivity contribution in [3.63, 3.8) is 0 Å². The first-order valence-electron chi connectivity index (χ1n) is 6.71. The lowest BCUT2D eigenvalue weighted by molar-refractivity contribution is -0.135. The molecule has 4 nitrogen and oxygen atoms in total. The zero-order chi connectivity index (χ0) is 12.6. The molecule has 2 aliphatic rings. The predicted octanol–water partition coefficient (Wildman–Crippen LogP) is 1.03. The van der Waals surface area contributed by atoms with E-state index in [4.69, 9.17) is 0 Å². The van der Waals surface area contributed by atoms with E-state index < -0.39 is 0 Å². The molecule has 0 aromatic heterocycles. The summed E-state index contributed by atoms with van der Waals surface area (Å²) in [5, 5.41) is 3.54. The number of nitrogens with one attached hydrogen (secondary N) is 1. The molecule has 0 radical (unpaired) electrons. The minimum absolute atomic E-state index is 0.176. The van der Waals surface area contributed by atoms with Crippen LogP contribution in [0.25, 0.3) is 0 Å². The lowest BCUT2D eigenvalue weighted by atomic mass is 9.97. The van der Waals surface area contributed by atoms with Crippen LogP contribution >= 0.6 is 0 Å². The monoisotopic (exact) mass is 239 g/mol. The minimum atomic E-state index is -0.222. The number of carbonyl (C=O) groups excluding carboxylic acids is 1. The van der Waals surface area contributed by atoms with Crippen LogP contribution in [0.15, 0.2) is 0 Å². The Morgan fingerprint density at radius 2 is 2.06 bits per heavy atom. The molecule has 1 aliphatic carbocycles. The zero-order valence-corrected chi connectivity index (χ0v) is 11.5. The maximum absolute atomic E-state index is 12.6. The number of amides is 1. The van der Waals surface area contributed by atoms with E-state index in [1.165, 1.54) is 12.8 Å². The van der Waals surface area contributed by atoms with Crippen molar-refractivity contribution >= 4 is 5.91 Å². The van der Waals surface area contributed by atoms with Gasteiger partial charge in [0.25, 0.3) is 0 Å². The number of hydrogen-bond acceptors (Lipinski definition) is 3. The second-order valence-electron chi connectivity index (χ2n) is 5.93. The first-order valence-corrected chi connectivity index (χ1v) is 6.71. The zero-order valence-electron chi connectivity index (χ0n) is 11.5. The van der Waals surface area contributed by atoms with Crippen LogP contribution in [-0.2, 0) is 4.79 Å². The van der Waals surface area contributed by atoms with Gasteiger partial charge in [-0.1, -0.05) is 12.8 Å². The van der Waals surface area contributed by atoms with Crippen molar-refractivity contribution in [1.29, 1.82) is 0 Å². The van der Waals surface area contributed by atoms with Crippen molar-refractivity contribution in [3.8, 4) is 0 Å². The summed E-state index contributed by atoms with van der Waals surface area (Å²) in [6.07, 6.45) is 4.57. The van der Waals surface area contributed by atoms with Crippen LogP contribution in [0, 0.1) is 0 Å². The topological polar surface area (TPSA) is 35.6 Å². The Hall–Kier alpha value is -0.610. The van der Waals surface area contributed by atoms with Crippen LogP contribution in [-0.4, -0.2) is 54.1 Å². The van der Waals surface area contributed by atoms with E-state index in [1.807, 2.05) is 4.90 Å². The molecular formula is C13H25N3O. The first-order chi connectivity index (χ1) is 7.96. The van der Waals surface area contributed by atoms with Crippen LogP contribution in [0.4, 0.5) is 0 Å². The van der Waals surface area contributed by atoms with Gasteiger partial charge in [0.05, 0.1) is 11.7 Å². The van der Waals surface area contributed by atoms with Crippen LogP contribution < -0.4 is 5.32 Å². The Kier molecular flexibility index (Phi) is 3.46. The summed E-state index contributed by atoms with van der Waals surface area (Å²) in [4.78, 5) is 16.8. The normalized spacial score (nSPS) is 29.6. The highest BCUT2D eigenvalue weighted by molar-refractivity contribution is 5.89. The van der Waals surface area contributed by atoms with Crippen LogP contribution in [0.3, 0.4) is 0 Å². The fraction of sp³-hybridized carbons (Fsp3) is 0.923. The quantitative estimate of drug-likeness (QED) is 0.799. The maximum Gasteiger partial charge on any atom is 0.244 e. The average Bonchev–Trinajstić information content (AvgIpc) is 2.74. The molecule has 1 saturated carbocycles. The number of nitrogens with zero attached hydrogens (tertiary/aromatic N) is 2. The van der Waals surface area contributed by atoms with Gasteiger partial charge in [0, 0.05) is 12.6 Å². The van der Waals surface area contributed by atoms with E-state index in [-0.39, 0.29) is 17.7 Å². The summed E-state index contributed by atoms with van der Waals surface area (Å²) in [5.74, 6) is 0.330. The molecule has 0 aromatic carbocycles. The third kappa shape index (κ3) is 2.20. The Morgan fingerprint density at radius 3 is 2.59 bits per heavy atom. The van der Waals surface area contributed by atoms with Gasteiger partial charge >= 0.3 is 0 Å². The summed E-state index contributed by atoms with van der Waals surface area (Å²) >= 11 is 0. The summed E-state index contributed by atoms with van der Waals surface area (Å²) in [5.41, 5.74) is -0.222. The van der Waals surface area contributed by atoms with Gasteiger partial charge in [-0.2, -0.15) is 0 Å². The SMILES string of the molecule is CC(CN(C)C)N1C(=O)C2(CCCC2)NC1C. The highest BCUT2D eigenvalue weighted by atomic mass is 16.2. The van der Waals surface area contributed by atoms with Crippen molar-refractivity contribution in [2.75, 3.05) is 20.6 Å². The lowest BCUT2D eigenvalue weighted by Gasteiger charge is -2.30. The Balaban J connectivity index is 2.11. The Labute approximate surface area is 104 Å². The van der Waals surface area contributed by atoms with Gasteiger partial charge in [0.1, 0.15) is 0 Å². The van der Waals surface area contributed by atoms with Crippen molar-refractivity contribution in [3.05, 3.63) is 0 Å². The molecule has 0 aromatic rings. The third-order valence-corrected chi connectivity index (χ3v) is 4.11. The van der Waals surface area contributed by atoms with Crippen LogP contribution in [0.5, 0.6) is 0 Å². The molecule has 1 aliphatic heterocycles. The molecule has 1 spiro atoms. The largest absolute Gasteiger partial charge is 0.322 e. The van der Waals surface area contributed by atoms with E-state index in [1.54, 1.807) is 0 Å². The number of likely N-dealkylation sites (N-methyl/N-ethyl adjacent to an activating group) is 1. The van der Waals surface area contributed by atoms with E-state index in [0.29, 0.717) is 5.91 Å². The average molecular weight is 239 g/mol. The standard InChI is InChI=1S/C13H25N3O/c1-10(9-15(3)4)16-11(2)14-13(12(16)17)7-5-6-8-13/h10-11,14H,5-9H2,1-4H3. The van der Waals surface area contributed by atoms with E-state index in [9.17, 15) is 4.79 Å². The number of hydrogen-bond donors (Lipinski definition) is 1. The van der Waals surface area contributed by atoms with Gasteiger partial charge < -0.3 is 9.80 Å². The van der Waals surface area contributed by atoms with Crippen LogP contribution in [0.1, 0.15) is 39.5 Å². The van der Waals surface area contributed by atoms with Crippen molar-refractivity contribution in [1.82, 2.24) is 15.1 Å². The van der Waals surface area contributed by atoms with Crippen molar-refractivity contribution < 1.29 is 4.79 Å². The fourth-order valence-corrected chi connectivity index (χ4v) is 3.49. The molecule has 4 heteroatoms. The molecule has 0 bridgehead atoms. The van der Waals surface area contributed by atoms with Gasteiger partial charge in [0.15, 0.2) is 0 Å². The summed E-state index contributed by atoms with van der Waals surface area (Å²) < 4.78 is 0. The molecule has 1 heterocycles. The van der Waals surface area contributed by atoms with Gasteiger partial charge in [-0.3, -0.25) is 10.1 Å². The predicted molar refractivity (Wildman–Crippen MR) is 68.7 cm³/mol. The molecule has 17 heavy (non-hydrogen) atoms. The van der Waals surface area contributed by atoms with Gasteiger partial charge in [-0.05, 0) is 40.8 Å². The summed E-state index contributed by atoms with van der Waals surface area (Å²) in [6.45, 7) is 5.18. The van der Waals surface area contributed by atoms with Crippen molar-refractivity contribution in [2.24, 2.45) is 0 Å². The Morgan fingerprint density at radius 1 is 1.47 bits per heavy atom. The highest BCUT2D eigenvalue weighted by Crippen LogP contribution is 2.36. The van der Waals surface area contributed by atoms with Gasteiger partial charge in [0.2, 0.25) is 5.91 Å². The maximum atomic E-state index is 12.6. The van der Waals surface area contributed by atoms with E-state index in [2.05, 4.69) is 38.2 Å². The minimum Gasteiger partial charge on any atom is -0.322 e. The molecule has 98 valence electrons.